The molecule has 2 aromatic carbocycles. The average Bonchev–Trinajstić information content (AvgIpc) is 3.06. The second-order valence-corrected chi connectivity index (χ2v) is 12.7. The largest absolute Gasteiger partial charge is 0.494 e. The van der Waals surface area contributed by atoms with Crippen molar-refractivity contribution in [2.45, 2.75) is 77.2 Å². The molecule has 15 nitrogen and oxygen atoms in total. The molecule has 5 N–H and O–H groups in total. The quantitative estimate of drug-likeness (QED) is 0.192. The molecule has 282 valence electrons. The number of alkyl carbamates (subject to hydrolysis) is 1. The van der Waals surface area contributed by atoms with Crippen LogP contribution in [-0.2, 0) is 16.1 Å². The van der Waals surface area contributed by atoms with E-state index in [9.17, 15) is 32.7 Å². The molecule has 0 unspecified atom stereocenters. The number of hydrogen-bond donors (Lipinski definition) is 5. The molecule has 3 heterocycles. The van der Waals surface area contributed by atoms with Crippen molar-refractivity contribution in [1.82, 2.24) is 25.6 Å². The van der Waals surface area contributed by atoms with Gasteiger partial charge in [0.05, 0.1) is 18.8 Å². The van der Waals surface area contributed by atoms with Gasteiger partial charge in [-0.05, 0) is 82.7 Å². The number of carboxylic acid groups (broad SMARTS) is 1. The van der Waals surface area contributed by atoms with Crippen molar-refractivity contribution in [3.05, 3.63) is 53.6 Å². The zero-order chi connectivity index (χ0) is 37.7. The Bertz CT molecular complexity index is 1670. The Balaban J connectivity index is 1.54. The van der Waals surface area contributed by atoms with Crippen LogP contribution in [0.4, 0.5) is 35.5 Å². The van der Waals surface area contributed by atoms with Crippen molar-refractivity contribution >= 4 is 35.6 Å². The molecule has 5 rings (SSSR count). The number of nitrogens with zero attached hydrogens (tertiary/aromatic N) is 3. The molecule has 0 radical (unpaired) electrons. The van der Waals surface area contributed by atoms with Gasteiger partial charge in [0.15, 0.2) is 6.61 Å². The Morgan fingerprint density at radius 2 is 1.63 bits per heavy atom. The van der Waals surface area contributed by atoms with Crippen LogP contribution in [0.5, 0.6) is 17.5 Å². The monoisotopic (exact) mass is 733 g/mol. The number of carbonyl (C=O) groups is 3. The van der Waals surface area contributed by atoms with Gasteiger partial charge in [-0.15, -0.1) is 0 Å². The number of rotatable bonds is 8. The first kappa shape index (κ1) is 39.2. The van der Waals surface area contributed by atoms with Gasteiger partial charge in [-0.2, -0.15) is 28.1 Å². The minimum atomic E-state index is -4.63. The van der Waals surface area contributed by atoms with E-state index in [1.807, 2.05) is 24.3 Å². The number of alkyl halides is 3. The maximum atomic E-state index is 13.3. The van der Waals surface area contributed by atoms with Crippen molar-refractivity contribution < 1.29 is 51.6 Å². The number of aromatic nitrogens is 3. The molecule has 0 saturated carbocycles. The molecule has 1 atom stereocenters. The number of ether oxygens (including phenoxy) is 4. The first-order chi connectivity index (χ1) is 24.6. The van der Waals surface area contributed by atoms with Crippen LogP contribution in [0.25, 0.3) is 0 Å². The van der Waals surface area contributed by atoms with Crippen molar-refractivity contribution in [3.8, 4) is 17.5 Å². The van der Waals surface area contributed by atoms with Crippen LogP contribution >= 0.6 is 0 Å². The third-order valence-electron chi connectivity index (χ3n) is 7.11. The van der Waals surface area contributed by atoms with Gasteiger partial charge in [0.1, 0.15) is 23.1 Å². The van der Waals surface area contributed by atoms with Gasteiger partial charge in [0, 0.05) is 24.8 Å². The summed E-state index contributed by atoms with van der Waals surface area (Å²) in [6.45, 7) is 4.18. The normalized spacial score (nSPS) is 14.5. The van der Waals surface area contributed by atoms with E-state index in [-0.39, 0.29) is 49.3 Å². The molecule has 0 fully saturated rings. The Morgan fingerprint density at radius 1 is 0.942 bits per heavy atom. The van der Waals surface area contributed by atoms with Gasteiger partial charge in [-0.1, -0.05) is 12.1 Å². The highest BCUT2D eigenvalue weighted by Gasteiger charge is 2.29. The van der Waals surface area contributed by atoms with Gasteiger partial charge >= 0.3 is 24.2 Å². The molecule has 0 saturated heterocycles. The van der Waals surface area contributed by atoms with Crippen LogP contribution in [0.2, 0.25) is 0 Å². The highest BCUT2D eigenvalue weighted by molar-refractivity contribution is 5.97. The summed E-state index contributed by atoms with van der Waals surface area (Å²) in [6.07, 6.45) is -2.51. The minimum absolute atomic E-state index is 0.0609. The number of benzene rings is 2. The summed E-state index contributed by atoms with van der Waals surface area (Å²) in [4.78, 5) is 49.4. The molecule has 0 aliphatic carbocycles. The number of carbonyl (C=O) groups excluding carboxylic acids is 2. The molecular weight excluding hydrogens is 691 g/mol. The first-order valence-electron chi connectivity index (χ1n) is 16.6. The molecule has 2 aliphatic heterocycles. The van der Waals surface area contributed by atoms with E-state index in [1.54, 1.807) is 20.8 Å². The number of anilines is 3. The summed E-state index contributed by atoms with van der Waals surface area (Å²) in [6, 6.07) is 9.88. The second-order valence-electron chi connectivity index (χ2n) is 12.7. The number of halogens is 3. The van der Waals surface area contributed by atoms with Gasteiger partial charge in [0.2, 0.25) is 11.9 Å². The fourth-order valence-electron chi connectivity index (χ4n) is 4.69. The predicted molar refractivity (Wildman–Crippen MR) is 182 cm³/mol. The van der Waals surface area contributed by atoms with Crippen molar-refractivity contribution in [1.29, 1.82) is 0 Å². The number of carboxylic acids is 1. The lowest BCUT2D eigenvalue weighted by atomic mass is 10.1. The average molecular weight is 734 g/mol. The second kappa shape index (κ2) is 18.1. The summed E-state index contributed by atoms with van der Waals surface area (Å²) in [5.74, 6) is -1.23. The summed E-state index contributed by atoms with van der Waals surface area (Å²) in [7, 11) is 0. The summed E-state index contributed by atoms with van der Waals surface area (Å²) in [5.41, 5.74) is 0.454. The van der Waals surface area contributed by atoms with E-state index in [0.717, 1.165) is 24.8 Å². The lowest BCUT2D eigenvalue weighted by Gasteiger charge is -2.22. The standard InChI is InChI=1S/C34H42F3N7O8/c1-33(2,3)52-32(48)41-25(28(46)47)14-15-38-27(45)24-13-10-22-18-26(24)50-17-7-5-4-6-16-49-23-11-8-21(9-12-23)19-39-29-42-30(40-22)44-31(43-29)51-20-34(35,36)37/h8-13,18,25H,4-7,14-17,19-20H2,1-3H3,(H,38,45)(H,41,48)(H,46,47)(H2,39,40,42,43,44)/t25-/m1/s1. The highest BCUT2D eigenvalue weighted by Crippen LogP contribution is 2.27. The van der Waals surface area contributed by atoms with Crippen molar-refractivity contribution in [3.63, 3.8) is 0 Å². The van der Waals surface area contributed by atoms with Crippen LogP contribution in [0.1, 0.15) is 68.8 Å². The van der Waals surface area contributed by atoms with E-state index in [1.165, 1.54) is 18.2 Å². The summed E-state index contributed by atoms with van der Waals surface area (Å²) in [5, 5.41) is 20.4. The zero-order valence-corrected chi connectivity index (χ0v) is 29.0. The lowest BCUT2D eigenvalue weighted by Crippen LogP contribution is -2.45. The van der Waals surface area contributed by atoms with Crippen LogP contribution in [0.3, 0.4) is 0 Å². The van der Waals surface area contributed by atoms with Crippen molar-refractivity contribution in [2.75, 3.05) is 37.0 Å². The van der Waals surface area contributed by atoms with Crippen LogP contribution in [-0.4, -0.2) is 82.2 Å². The Hall–Kier alpha value is -5.55. The van der Waals surface area contributed by atoms with Crippen molar-refractivity contribution in [2.24, 2.45) is 0 Å². The first-order valence-corrected chi connectivity index (χ1v) is 16.6. The molecule has 2 aliphatic rings. The summed E-state index contributed by atoms with van der Waals surface area (Å²) >= 11 is 0. The smallest absolute Gasteiger partial charge is 0.422 e. The molecule has 6 bridgehead atoms. The fourth-order valence-corrected chi connectivity index (χ4v) is 4.69. The molecule has 2 amide bonds. The van der Waals surface area contributed by atoms with E-state index in [0.29, 0.717) is 24.5 Å². The molecule has 0 spiro atoms. The van der Waals surface area contributed by atoms with Gasteiger partial charge in [-0.25, -0.2) is 9.59 Å². The number of aliphatic carboxylic acids is 1. The number of hydrogen-bond acceptors (Lipinski definition) is 12. The lowest BCUT2D eigenvalue weighted by molar-refractivity contribution is -0.154. The van der Waals surface area contributed by atoms with E-state index in [2.05, 4.69) is 36.2 Å². The zero-order valence-electron chi connectivity index (χ0n) is 29.0. The number of amides is 2. The maximum absolute atomic E-state index is 13.3. The minimum Gasteiger partial charge on any atom is -0.494 e. The molecular formula is C34H42F3N7O8. The number of fused-ring (bicyclic) bond motifs is 10. The highest BCUT2D eigenvalue weighted by atomic mass is 19.4. The van der Waals surface area contributed by atoms with E-state index >= 15 is 0 Å². The molecule has 52 heavy (non-hydrogen) atoms. The summed E-state index contributed by atoms with van der Waals surface area (Å²) < 4.78 is 60.6. The molecule has 3 aromatic rings. The van der Waals surface area contributed by atoms with Gasteiger partial charge in [0.25, 0.3) is 5.91 Å². The maximum Gasteiger partial charge on any atom is 0.422 e. The van der Waals surface area contributed by atoms with Crippen LogP contribution in [0, 0.1) is 0 Å². The van der Waals surface area contributed by atoms with E-state index in [4.69, 9.17) is 18.9 Å². The van der Waals surface area contributed by atoms with Crippen LogP contribution < -0.4 is 35.5 Å². The third-order valence-corrected chi connectivity index (χ3v) is 7.11. The SMILES string of the molecule is CC(C)(C)OC(=O)N[C@H](CCNC(=O)c1ccc2cc1OCCCCCCOc1ccc(cc1)CNc1nc(nc(OCC(F)(F)F)n1)N2)C(=O)O. The Morgan fingerprint density at radius 3 is 2.31 bits per heavy atom. The predicted octanol–water partition coefficient (Wildman–Crippen LogP) is 5.60. The van der Waals surface area contributed by atoms with Crippen LogP contribution in [0.15, 0.2) is 42.5 Å². The van der Waals surface area contributed by atoms with Gasteiger partial charge < -0.3 is 45.3 Å². The van der Waals surface area contributed by atoms with Gasteiger partial charge in [-0.3, -0.25) is 4.79 Å². The topological polar surface area (TPSA) is 195 Å². The Labute approximate surface area is 298 Å². The third kappa shape index (κ3) is 13.6. The number of nitrogens with one attached hydrogen (secondary N) is 4. The molecule has 1 aromatic heterocycles. The Kier molecular flexibility index (Phi) is 13.7. The van der Waals surface area contributed by atoms with E-state index < -0.39 is 48.4 Å². The molecule has 18 heteroatoms. The fraction of sp³-hybridized carbons (Fsp3) is 0.471.